The first-order chi connectivity index (χ1) is 8.79. The molecule has 2 nitrogen and oxygen atoms in total. The van der Waals surface area contributed by atoms with Gasteiger partial charge in [0.25, 0.3) is 0 Å². The molecule has 1 aromatic rings. The van der Waals surface area contributed by atoms with Gasteiger partial charge < -0.3 is 9.47 Å². The second kappa shape index (κ2) is 4.83. The Morgan fingerprint density at radius 2 is 1.89 bits per heavy atom. The highest BCUT2D eigenvalue weighted by Gasteiger charge is 2.34. The van der Waals surface area contributed by atoms with Crippen molar-refractivity contribution in [3.63, 3.8) is 0 Å². The Labute approximate surface area is 109 Å². The van der Waals surface area contributed by atoms with Gasteiger partial charge in [-0.3, -0.25) is 0 Å². The molecule has 0 amide bonds. The number of ether oxygens (including phenoxy) is 2. The van der Waals surface area contributed by atoms with Crippen LogP contribution < -0.4 is 9.47 Å². The molecule has 2 heteroatoms. The lowest BCUT2D eigenvalue weighted by molar-refractivity contribution is -0.00702. The predicted octanol–water partition coefficient (Wildman–Crippen LogP) is 4.28. The fourth-order valence-corrected chi connectivity index (χ4v) is 3.01. The first-order valence-corrected chi connectivity index (χ1v) is 7.25. The zero-order chi connectivity index (χ0) is 12.5. The molecule has 1 aliphatic carbocycles. The minimum atomic E-state index is 0.274. The van der Waals surface area contributed by atoms with Crippen molar-refractivity contribution in [3.05, 3.63) is 23.8 Å². The summed E-state index contributed by atoms with van der Waals surface area (Å²) in [7, 11) is 0. The summed E-state index contributed by atoms with van der Waals surface area (Å²) in [5.41, 5.74) is 1.30. The van der Waals surface area contributed by atoms with Crippen LogP contribution in [-0.2, 0) is 0 Å². The molecule has 3 unspecified atom stereocenters. The molecule has 0 N–H and O–H groups in total. The van der Waals surface area contributed by atoms with Gasteiger partial charge in [0, 0.05) is 5.56 Å². The average molecular weight is 246 g/mol. The van der Waals surface area contributed by atoms with E-state index in [0.717, 1.165) is 30.8 Å². The number of fused-ring (bicyclic) bond motifs is 2. The summed E-state index contributed by atoms with van der Waals surface area (Å²) in [6.45, 7) is 4.48. The Morgan fingerprint density at radius 1 is 1.17 bits per heavy atom. The van der Waals surface area contributed by atoms with Crippen LogP contribution in [-0.4, -0.2) is 12.2 Å². The van der Waals surface area contributed by atoms with Gasteiger partial charge in [0.15, 0.2) is 11.5 Å². The van der Waals surface area contributed by atoms with Crippen LogP contribution in [0.1, 0.15) is 57.4 Å². The quantitative estimate of drug-likeness (QED) is 0.775. The molecule has 3 rings (SSSR count). The molecule has 1 aliphatic heterocycles. The molecular weight excluding hydrogens is 224 g/mol. The van der Waals surface area contributed by atoms with Crippen molar-refractivity contribution in [3.8, 4) is 11.5 Å². The van der Waals surface area contributed by atoms with Crippen LogP contribution in [0.25, 0.3) is 0 Å². The Hall–Kier alpha value is -1.18. The lowest BCUT2D eigenvalue weighted by Crippen LogP contribution is -2.42. The van der Waals surface area contributed by atoms with Crippen molar-refractivity contribution in [2.45, 2.75) is 64.1 Å². The highest BCUT2D eigenvalue weighted by Crippen LogP contribution is 2.43. The van der Waals surface area contributed by atoms with Gasteiger partial charge in [-0.25, -0.2) is 0 Å². The maximum absolute atomic E-state index is 6.26. The zero-order valence-corrected chi connectivity index (χ0v) is 11.3. The summed E-state index contributed by atoms with van der Waals surface area (Å²) in [5, 5.41) is 0. The molecule has 0 spiro atoms. The van der Waals surface area contributed by atoms with Crippen molar-refractivity contribution in [1.82, 2.24) is 0 Å². The lowest BCUT2D eigenvalue weighted by Gasteiger charge is -2.38. The lowest BCUT2D eigenvalue weighted by atomic mass is 9.92. The van der Waals surface area contributed by atoms with E-state index in [1.165, 1.54) is 18.4 Å². The first kappa shape index (κ1) is 11.9. The summed E-state index contributed by atoms with van der Waals surface area (Å²) < 4.78 is 12.4. The van der Waals surface area contributed by atoms with Crippen LogP contribution in [0, 0.1) is 0 Å². The van der Waals surface area contributed by atoms with E-state index in [-0.39, 0.29) is 12.2 Å². The smallest absolute Gasteiger partial charge is 0.165 e. The van der Waals surface area contributed by atoms with E-state index >= 15 is 0 Å². The van der Waals surface area contributed by atoms with E-state index < -0.39 is 0 Å². The van der Waals surface area contributed by atoms with Gasteiger partial charge in [0.05, 0.1) is 0 Å². The molecule has 0 aromatic heterocycles. The predicted molar refractivity (Wildman–Crippen MR) is 72.4 cm³/mol. The Balaban J connectivity index is 1.94. The third kappa shape index (κ3) is 1.98. The SMILES string of the molecule is CCC(C)c1cccc2c1OC1CCCCC1O2. The second-order valence-corrected chi connectivity index (χ2v) is 5.58. The van der Waals surface area contributed by atoms with Crippen molar-refractivity contribution >= 4 is 0 Å². The summed E-state index contributed by atoms with van der Waals surface area (Å²) >= 11 is 0. The molecule has 1 saturated carbocycles. The van der Waals surface area contributed by atoms with Crippen molar-refractivity contribution in [1.29, 1.82) is 0 Å². The number of para-hydroxylation sites is 1. The maximum atomic E-state index is 6.26. The summed E-state index contributed by atoms with van der Waals surface area (Å²) in [5.74, 6) is 2.50. The number of benzene rings is 1. The first-order valence-electron chi connectivity index (χ1n) is 7.25. The molecule has 1 aromatic carbocycles. The second-order valence-electron chi connectivity index (χ2n) is 5.58. The topological polar surface area (TPSA) is 18.5 Å². The molecule has 18 heavy (non-hydrogen) atoms. The van der Waals surface area contributed by atoms with Gasteiger partial charge in [-0.1, -0.05) is 26.0 Å². The molecule has 1 heterocycles. The van der Waals surface area contributed by atoms with Crippen LogP contribution in [0.2, 0.25) is 0 Å². The monoisotopic (exact) mass is 246 g/mol. The highest BCUT2D eigenvalue weighted by molar-refractivity contribution is 5.49. The molecule has 0 radical (unpaired) electrons. The summed E-state index contributed by atoms with van der Waals surface area (Å²) in [6.07, 6.45) is 6.50. The third-order valence-electron chi connectivity index (χ3n) is 4.34. The van der Waals surface area contributed by atoms with Gasteiger partial charge in [-0.2, -0.15) is 0 Å². The molecule has 98 valence electrons. The van der Waals surface area contributed by atoms with Crippen LogP contribution in [0.5, 0.6) is 11.5 Å². The van der Waals surface area contributed by atoms with Crippen LogP contribution >= 0.6 is 0 Å². The van der Waals surface area contributed by atoms with Crippen LogP contribution in [0.4, 0.5) is 0 Å². The number of hydrogen-bond acceptors (Lipinski definition) is 2. The van der Waals surface area contributed by atoms with Gasteiger partial charge in [-0.15, -0.1) is 0 Å². The van der Waals surface area contributed by atoms with Gasteiger partial charge in [-0.05, 0) is 44.1 Å². The van der Waals surface area contributed by atoms with Crippen molar-refractivity contribution in [2.75, 3.05) is 0 Å². The molecule has 0 saturated heterocycles. The van der Waals surface area contributed by atoms with Gasteiger partial charge in [0.1, 0.15) is 12.2 Å². The highest BCUT2D eigenvalue weighted by atomic mass is 16.6. The number of rotatable bonds is 2. The van der Waals surface area contributed by atoms with E-state index in [2.05, 4.69) is 26.0 Å². The standard InChI is InChI=1S/C16H22O2/c1-3-11(2)12-7-6-10-15-16(12)18-14-9-5-4-8-13(14)17-15/h6-7,10-11,13-14H,3-5,8-9H2,1-2H3. The molecule has 1 fully saturated rings. The van der Waals surface area contributed by atoms with E-state index in [1.807, 2.05) is 6.07 Å². The Kier molecular flexibility index (Phi) is 3.19. The fraction of sp³-hybridized carbons (Fsp3) is 0.625. The van der Waals surface area contributed by atoms with E-state index in [0.29, 0.717) is 5.92 Å². The van der Waals surface area contributed by atoms with Crippen molar-refractivity contribution in [2.24, 2.45) is 0 Å². The van der Waals surface area contributed by atoms with Gasteiger partial charge >= 0.3 is 0 Å². The summed E-state index contributed by atoms with van der Waals surface area (Å²) in [6, 6.07) is 6.32. The normalized spacial score (nSPS) is 27.4. The number of hydrogen-bond donors (Lipinski definition) is 0. The average Bonchev–Trinajstić information content (AvgIpc) is 2.43. The maximum Gasteiger partial charge on any atom is 0.165 e. The van der Waals surface area contributed by atoms with Crippen molar-refractivity contribution < 1.29 is 9.47 Å². The molecule has 3 atom stereocenters. The molecular formula is C16H22O2. The van der Waals surface area contributed by atoms with Crippen LogP contribution in [0.3, 0.4) is 0 Å². The largest absolute Gasteiger partial charge is 0.483 e. The van der Waals surface area contributed by atoms with Crippen LogP contribution in [0.15, 0.2) is 18.2 Å². The molecule has 2 aliphatic rings. The Bertz CT molecular complexity index is 427. The minimum absolute atomic E-state index is 0.274. The molecule has 0 bridgehead atoms. The van der Waals surface area contributed by atoms with E-state index in [4.69, 9.17) is 9.47 Å². The van der Waals surface area contributed by atoms with Gasteiger partial charge in [0.2, 0.25) is 0 Å². The van der Waals surface area contributed by atoms with E-state index in [1.54, 1.807) is 0 Å². The Morgan fingerprint density at radius 3 is 2.61 bits per heavy atom. The minimum Gasteiger partial charge on any atom is -0.483 e. The summed E-state index contributed by atoms with van der Waals surface area (Å²) in [4.78, 5) is 0. The van der Waals surface area contributed by atoms with E-state index in [9.17, 15) is 0 Å². The third-order valence-corrected chi connectivity index (χ3v) is 4.34. The fourth-order valence-electron chi connectivity index (χ4n) is 3.01. The zero-order valence-electron chi connectivity index (χ0n) is 11.3.